The Hall–Kier alpha value is -3.75. The van der Waals surface area contributed by atoms with E-state index in [4.69, 9.17) is 4.74 Å². The summed E-state index contributed by atoms with van der Waals surface area (Å²) < 4.78 is 6.67. The van der Waals surface area contributed by atoms with E-state index in [1.807, 2.05) is 6.07 Å². The number of aromatic amines is 1. The van der Waals surface area contributed by atoms with Crippen molar-refractivity contribution in [3.05, 3.63) is 48.0 Å². The Labute approximate surface area is 154 Å². The second kappa shape index (κ2) is 6.52. The molecule has 0 bridgehead atoms. The summed E-state index contributed by atoms with van der Waals surface area (Å²) in [5, 5.41) is 7.89. The predicted molar refractivity (Wildman–Crippen MR) is 99.6 cm³/mol. The Kier molecular flexibility index (Phi) is 4.03. The second-order valence-electron chi connectivity index (χ2n) is 6.02. The number of carbonyl (C=O) groups is 1. The lowest BCUT2D eigenvalue weighted by Crippen LogP contribution is -2.13. The van der Waals surface area contributed by atoms with Gasteiger partial charge in [0.2, 0.25) is 0 Å². The Morgan fingerprint density at radius 3 is 2.89 bits per heavy atom. The summed E-state index contributed by atoms with van der Waals surface area (Å²) in [7, 11) is 3.30. The molecule has 136 valence electrons. The van der Waals surface area contributed by atoms with Crippen molar-refractivity contribution >= 4 is 22.6 Å². The van der Waals surface area contributed by atoms with Crippen LogP contribution in [0.2, 0.25) is 0 Å². The summed E-state index contributed by atoms with van der Waals surface area (Å²) >= 11 is 0. The number of hydrogen-bond donors (Lipinski definition) is 2. The molecule has 0 aromatic carbocycles. The van der Waals surface area contributed by atoms with E-state index < -0.39 is 0 Å². The van der Waals surface area contributed by atoms with Crippen molar-refractivity contribution in [3.8, 4) is 17.4 Å². The lowest BCUT2D eigenvalue weighted by Gasteiger charge is -2.03. The number of nitrogens with one attached hydrogen (secondary N) is 2. The van der Waals surface area contributed by atoms with E-state index in [2.05, 4.69) is 30.4 Å². The topological polar surface area (TPSA) is 111 Å². The number of ether oxygens (including phenoxy) is 1. The van der Waals surface area contributed by atoms with Crippen molar-refractivity contribution in [2.75, 3.05) is 12.4 Å². The number of carbonyl (C=O) groups excluding carboxylic acids is 1. The first kappa shape index (κ1) is 16.7. The highest BCUT2D eigenvalue weighted by Gasteiger charge is 2.14. The summed E-state index contributed by atoms with van der Waals surface area (Å²) in [4.78, 5) is 28.4. The molecule has 4 rings (SSSR count). The first-order valence-corrected chi connectivity index (χ1v) is 8.21. The number of hydrogen-bond acceptors (Lipinski definition) is 6. The van der Waals surface area contributed by atoms with E-state index in [9.17, 15) is 4.79 Å². The molecule has 0 spiro atoms. The largest absolute Gasteiger partial charge is 0.467 e. The van der Waals surface area contributed by atoms with Gasteiger partial charge >= 0.3 is 6.01 Å². The third-order valence-electron chi connectivity index (χ3n) is 4.10. The molecule has 2 N–H and O–H groups in total. The quantitative estimate of drug-likeness (QED) is 0.576. The van der Waals surface area contributed by atoms with Gasteiger partial charge in [-0.05, 0) is 19.1 Å². The molecule has 4 aromatic heterocycles. The standard InChI is InChI=1S/C18H17N7O2/c1-10-12(9-25(2)24-10)17(26)23-16-7-14-11(8-20-16)6-15(21-14)13-4-5-19-18(22-13)27-3/h4-9,21H,1-3H3,(H,20,23,26). The van der Waals surface area contributed by atoms with Crippen molar-refractivity contribution in [1.29, 1.82) is 0 Å². The minimum atomic E-state index is -0.250. The van der Waals surface area contributed by atoms with Crippen LogP contribution in [0.25, 0.3) is 22.3 Å². The lowest BCUT2D eigenvalue weighted by atomic mass is 10.2. The Balaban J connectivity index is 1.62. The summed E-state index contributed by atoms with van der Waals surface area (Å²) in [5.41, 5.74) is 3.51. The van der Waals surface area contributed by atoms with Gasteiger partial charge in [0, 0.05) is 37.1 Å². The fourth-order valence-corrected chi connectivity index (χ4v) is 2.83. The van der Waals surface area contributed by atoms with Gasteiger partial charge in [-0.25, -0.2) is 9.97 Å². The summed E-state index contributed by atoms with van der Waals surface area (Å²) in [6.07, 6.45) is 5.00. The van der Waals surface area contributed by atoms with E-state index in [1.54, 1.807) is 49.4 Å². The summed E-state index contributed by atoms with van der Waals surface area (Å²) in [6.45, 7) is 1.79. The van der Waals surface area contributed by atoms with Crippen LogP contribution in [0.3, 0.4) is 0 Å². The number of fused-ring (bicyclic) bond motifs is 1. The number of pyridine rings is 1. The predicted octanol–water partition coefficient (Wildman–Crippen LogP) is 2.32. The van der Waals surface area contributed by atoms with Crippen LogP contribution in [-0.4, -0.2) is 42.7 Å². The Morgan fingerprint density at radius 1 is 1.30 bits per heavy atom. The van der Waals surface area contributed by atoms with Gasteiger partial charge < -0.3 is 15.0 Å². The maximum atomic E-state index is 12.4. The van der Waals surface area contributed by atoms with Crippen molar-refractivity contribution in [2.24, 2.45) is 7.05 Å². The Bertz CT molecular complexity index is 1150. The molecule has 0 saturated carbocycles. The number of rotatable bonds is 4. The van der Waals surface area contributed by atoms with E-state index in [0.29, 0.717) is 28.8 Å². The van der Waals surface area contributed by atoms with Crippen LogP contribution in [0.15, 0.2) is 36.8 Å². The van der Waals surface area contributed by atoms with E-state index in [-0.39, 0.29) is 5.91 Å². The van der Waals surface area contributed by atoms with Gasteiger partial charge in [-0.1, -0.05) is 0 Å². The smallest absolute Gasteiger partial charge is 0.316 e. The molecule has 0 aliphatic carbocycles. The minimum absolute atomic E-state index is 0.250. The maximum absolute atomic E-state index is 12.4. The van der Waals surface area contributed by atoms with Crippen LogP contribution in [0.5, 0.6) is 6.01 Å². The zero-order valence-corrected chi connectivity index (χ0v) is 15.0. The van der Waals surface area contributed by atoms with Crippen LogP contribution in [0.4, 0.5) is 5.82 Å². The number of H-pyrrole nitrogens is 1. The van der Waals surface area contributed by atoms with Crippen LogP contribution in [0, 0.1) is 6.92 Å². The molecule has 4 aromatic rings. The summed E-state index contributed by atoms with van der Waals surface area (Å²) in [5.74, 6) is 0.198. The molecule has 4 heterocycles. The lowest BCUT2D eigenvalue weighted by molar-refractivity contribution is 0.102. The van der Waals surface area contributed by atoms with Crippen LogP contribution >= 0.6 is 0 Å². The minimum Gasteiger partial charge on any atom is -0.467 e. The van der Waals surface area contributed by atoms with E-state index in [1.165, 1.54) is 7.11 Å². The molecule has 0 aliphatic heterocycles. The molecule has 9 heteroatoms. The number of methoxy groups -OCH3 is 1. The van der Waals surface area contributed by atoms with Crippen molar-refractivity contribution in [2.45, 2.75) is 6.92 Å². The number of aromatic nitrogens is 6. The normalized spacial score (nSPS) is 10.9. The van der Waals surface area contributed by atoms with Crippen LogP contribution in [-0.2, 0) is 7.05 Å². The SMILES string of the molecule is COc1nccc(-c2cc3cnc(NC(=O)c4cn(C)nc4C)cc3[nH]2)n1. The van der Waals surface area contributed by atoms with Gasteiger partial charge in [0.05, 0.1) is 35.3 Å². The van der Waals surface area contributed by atoms with Crippen molar-refractivity contribution in [1.82, 2.24) is 29.7 Å². The molecule has 27 heavy (non-hydrogen) atoms. The fourth-order valence-electron chi connectivity index (χ4n) is 2.83. The van der Waals surface area contributed by atoms with Gasteiger partial charge in [-0.3, -0.25) is 9.48 Å². The average molecular weight is 363 g/mol. The molecule has 0 fully saturated rings. The van der Waals surface area contributed by atoms with E-state index in [0.717, 1.165) is 16.6 Å². The number of amides is 1. The van der Waals surface area contributed by atoms with Gasteiger partial charge in [0.15, 0.2) is 0 Å². The number of aryl methyl sites for hydroxylation is 2. The third-order valence-corrected chi connectivity index (χ3v) is 4.10. The highest BCUT2D eigenvalue weighted by molar-refractivity contribution is 6.05. The monoisotopic (exact) mass is 363 g/mol. The Morgan fingerprint density at radius 2 is 2.15 bits per heavy atom. The van der Waals surface area contributed by atoms with Crippen molar-refractivity contribution in [3.63, 3.8) is 0 Å². The molecule has 0 saturated heterocycles. The first-order valence-electron chi connectivity index (χ1n) is 8.21. The number of anilines is 1. The van der Waals surface area contributed by atoms with Crippen LogP contribution in [0.1, 0.15) is 16.1 Å². The second-order valence-corrected chi connectivity index (χ2v) is 6.02. The molecule has 0 unspecified atom stereocenters. The molecule has 0 aliphatic rings. The van der Waals surface area contributed by atoms with E-state index >= 15 is 0 Å². The van der Waals surface area contributed by atoms with Gasteiger partial charge in [-0.15, -0.1) is 0 Å². The highest BCUT2D eigenvalue weighted by Crippen LogP contribution is 2.24. The molecule has 0 radical (unpaired) electrons. The average Bonchev–Trinajstić information content (AvgIpc) is 3.24. The molecule has 9 nitrogen and oxygen atoms in total. The zero-order valence-electron chi connectivity index (χ0n) is 15.0. The molecule has 0 atom stereocenters. The first-order chi connectivity index (χ1) is 13.0. The van der Waals surface area contributed by atoms with Gasteiger partial charge in [-0.2, -0.15) is 10.1 Å². The molecular weight excluding hydrogens is 346 g/mol. The van der Waals surface area contributed by atoms with Gasteiger partial charge in [0.1, 0.15) is 5.82 Å². The van der Waals surface area contributed by atoms with Gasteiger partial charge in [0.25, 0.3) is 5.91 Å². The fraction of sp³-hybridized carbons (Fsp3) is 0.167. The zero-order chi connectivity index (χ0) is 19.0. The van der Waals surface area contributed by atoms with Crippen LogP contribution < -0.4 is 10.1 Å². The third kappa shape index (κ3) is 3.22. The molecule has 1 amide bonds. The maximum Gasteiger partial charge on any atom is 0.316 e. The molecular formula is C18H17N7O2. The number of nitrogens with zero attached hydrogens (tertiary/aromatic N) is 5. The summed E-state index contributed by atoms with van der Waals surface area (Å²) in [6, 6.07) is 5.79. The van der Waals surface area contributed by atoms with Crippen molar-refractivity contribution < 1.29 is 9.53 Å². The highest BCUT2D eigenvalue weighted by atomic mass is 16.5.